The van der Waals surface area contributed by atoms with Crippen molar-refractivity contribution in [2.75, 3.05) is 7.11 Å². The zero-order valence-electron chi connectivity index (χ0n) is 15.6. The normalized spacial score (nSPS) is 16.1. The fourth-order valence-electron chi connectivity index (χ4n) is 3.05. The van der Waals surface area contributed by atoms with Crippen molar-refractivity contribution in [2.24, 2.45) is 0 Å². The topological polar surface area (TPSA) is 79.5 Å². The summed E-state index contributed by atoms with van der Waals surface area (Å²) in [4.78, 5) is 24.6. The lowest BCUT2D eigenvalue weighted by atomic mass is 9.94. The maximum absolute atomic E-state index is 12.9. The van der Waals surface area contributed by atoms with E-state index < -0.39 is 12.0 Å². The molecule has 2 aromatic rings. The second-order valence-corrected chi connectivity index (χ2v) is 6.76. The SMILES string of the molecule is COC(=O)c1ccc([C@H]2NC(=S)NC(C)=C2C(=O)NCc2ccccc2)cc1. The van der Waals surface area contributed by atoms with Crippen molar-refractivity contribution < 1.29 is 14.3 Å². The van der Waals surface area contributed by atoms with Crippen molar-refractivity contribution in [2.45, 2.75) is 19.5 Å². The number of carbonyl (C=O) groups excluding carboxylic acids is 2. The molecule has 0 saturated carbocycles. The van der Waals surface area contributed by atoms with Gasteiger partial charge in [0.05, 0.1) is 24.3 Å². The number of nitrogens with one attached hydrogen (secondary N) is 3. The molecule has 1 heterocycles. The molecule has 7 heteroatoms. The third kappa shape index (κ3) is 4.37. The number of amides is 1. The molecule has 3 N–H and O–H groups in total. The standard InChI is InChI=1S/C21H21N3O3S/c1-13-17(19(25)22-12-14-6-4-3-5-7-14)18(24-21(28)23-13)15-8-10-16(11-9-15)20(26)27-2/h3-11,18H,12H2,1-2H3,(H,22,25)(H2,23,24,28)/t18-/m1/s1. The van der Waals surface area contributed by atoms with Crippen LogP contribution < -0.4 is 16.0 Å². The Morgan fingerprint density at radius 2 is 1.79 bits per heavy atom. The molecule has 0 spiro atoms. The van der Waals surface area contributed by atoms with Gasteiger partial charge in [-0.25, -0.2) is 4.79 Å². The van der Waals surface area contributed by atoms with Gasteiger partial charge in [-0.1, -0.05) is 42.5 Å². The number of hydrogen-bond donors (Lipinski definition) is 3. The van der Waals surface area contributed by atoms with Crippen molar-refractivity contribution in [1.82, 2.24) is 16.0 Å². The molecular formula is C21H21N3O3S. The first kappa shape index (κ1) is 19.6. The van der Waals surface area contributed by atoms with Crippen LogP contribution in [0, 0.1) is 0 Å². The van der Waals surface area contributed by atoms with Gasteiger partial charge in [0.25, 0.3) is 5.91 Å². The van der Waals surface area contributed by atoms with Crippen LogP contribution in [-0.2, 0) is 16.1 Å². The number of ether oxygens (including phenoxy) is 1. The Labute approximate surface area is 169 Å². The third-order valence-corrected chi connectivity index (χ3v) is 4.69. The Morgan fingerprint density at radius 1 is 1.11 bits per heavy atom. The highest BCUT2D eigenvalue weighted by Crippen LogP contribution is 2.27. The molecule has 3 rings (SSSR count). The number of hydrogen-bond acceptors (Lipinski definition) is 4. The molecule has 144 valence electrons. The zero-order valence-corrected chi connectivity index (χ0v) is 16.4. The third-order valence-electron chi connectivity index (χ3n) is 4.47. The van der Waals surface area contributed by atoms with E-state index in [1.54, 1.807) is 24.3 Å². The highest BCUT2D eigenvalue weighted by atomic mass is 32.1. The van der Waals surface area contributed by atoms with Crippen molar-refractivity contribution in [3.63, 3.8) is 0 Å². The molecule has 28 heavy (non-hydrogen) atoms. The fraction of sp³-hybridized carbons (Fsp3) is 0.190. The predicted molar refractivity (Wildman–Crippen MR) is 110 cm³/mol. The van der Waals surface area contributed by atoms with Gasteiger partial charge in [0, 0.05) is 12.2 Å². The van der Waals surface area contributed by atoms with Gasteiger partial charge in [0.1, 0.15) is 0 Å². The molecule has 0 radical (unpaired) electrons. The van der Waals surface area contributed by atoms with Gasteiger partial charge in [0.15, 0.2) is 5.11 Å². The lowest BCUT2D eigenvalue weighted by molar-refractivity contribution is -0.118. The molecule has 0 bridgehead atoms. The lowest BCUT2D eigenvalue weighted by Gasteiger charge is -2.30. The average molecular weight is 395 g/mol. The van der Waals surface area contributed by atoms with E-state index in [1.807, 2.05) is 37.3 Å². The van der Waals surface area contributed by atoms with Crippen LogP contribution in [0.2, 0.25) is 0 Å². The first-order chi connectivity index (χ1) is 13.5. The van der Waals surface area contributed by atoms with Crippen molar-refractivity contribution in [3.8, 4) is 0 Å². The highest BCUT2D eigenvalue weighted by molar-refractivity contribution is 7.80. The predicted octanol–water partition coefficient (Wildman–Crippen LogP) is 2.58. The second-order valence-electron chi connectivity index (χ2n) is 6.35. The molecule has 0 unspecified atom stereocenters. The molecular weight excluding hydrogens is 374 g/mol. The van der Waals surface area contributed by atoms with E-state index in [1.165, 1.54) is 7.11 Å². The number of methoxy groups -OCH3 is 1. The molecule has 0 saturated heterocycles. The van der Waals surface area contributed by atoms with Crippen LogP contribution in [0.25, 0.3) is 0 Å². The van der Waals surface area contributed by atoms with E-state index >= 15 is 0 Å². The van der Waals surface area contributed by atoms with Crippen LogP contribution >= 0.6 is 12.2 Å². The number of esters is 1. The average Bonchev–Trinajstić information content (AvgIpc) is 2.71. The zero-order chi connectivity index (χ0) is 20.1. The molecule has 0 aromatic heterocycles. The molecule has 1 amide bonds. The van der Waals surface area contributed by atoms with Crippen LogP contribution in [0.5, 0.6) is 0 Å². The van der Waals surface area contributed by atoms with Gasteiger partial charge >= 0.3 is 5.97 Å². The number of rotatable bonds is 5. The minimum absolute atomic E-state index is 0.189. The van der Waals surface area contributed by atoms with Gasteiger partial charge < -0.3 is 20.7 Å². The summed E-state index contributed by atoms with van der Waals surface area (Å²) < 4.78 is 4.73. The van der Waals surface area contributed by atoms with Gasteiger partial charge in [-0.05, 0) is 42.4 Å². The smallest absolute Gasteiger partial charge is 0.337 e. The van der Waals surface area contributed by atoms with E-state index in [9.17, 15) is 9.59 Å². The summed E-state index contributed by atoms with van der Waals surface area (Å²) in [6.45, 7) is 2.25. The fourth-order valence-corrected chi connectivity index (χ4v) is 3.32. The Balaban J connectivity index is 1.84. The van der Waals surface area contributed by atoms with Crippen LogP contribution in [0.4, 0.5) is 0 Å². The summed E-state index contributed by atoms with van der Waals surface area (Å²) in [5, 5.41) is 9.55. The van der Waals surface area contributed by atoms with Gasteiger partial charge in [-0.3, -0.25) is 4.79 Å². The molecule has 1 aliphatic heterocycles. The van der Waals surface area contributed by atoms with Crippen molar-refractivity contribution >= 4 is 29.2 Å². The van der Waals surface area contributed by atoms with Gasteiger partial charge in [0.2, 0.25) is 0 Å². The monoisotopic (exact) mass is 395 g/mol. The van der Waals surface area contributed by atoms with E-state index in [4.69, 9.17) is 17.0 Å². The van der Waals surface area contributed by atoms with E-state index in [0.29, 0.717) is 28.5 Å². The maximum Gasteiger partial charge on any atom is 0.337 e. The molecule has 1 aliphatic rings. The number of carbonyl (C=O) groups is 2. The van der Waals surface area contributed by atoms with Crippen LogP contribution in [0.15, 0.2) is 65.9 Å². The van der Waals surface area contributed by atoms with Crippen molar-refractivity contribution in [3.05, 3.63) is 82.6 Å². The summed E-state index contributed by atoms with van der Waals surface area (Å²) in [5.74, 6) is -0.598. The molecule has 2 aromatic carbocycles. The van der Waals surface area contributed by atoms with Crippen LogP contribution in [0.1, 0.15) is 34.5 Å². The van der Waals surface area contributed by atoms with Gasteiger partial charge in [-0.2, -0.15) is 0 Å². The Morgan fingerprint density at radius 3 is 2.43 bits per heavy atom. The highest BCUT2D eigenvalue weighted by Gasteiger charge is 2.29. The summed E-state index contributed by atoms with van der Waals surface area (Å²) in [7, 11) is 1.34. The second kappa shape index (κ2) is 8.67. The number of allylic oxidation sites excluding steroid dienone is 1. The Bertz CT molecular complexity index is 924. The van der Waals surface area contributed by atoms with E-state index in [0.717, 1.165) is 11.1 Å². The molecule has 6 nitrogen and oxygen atoms in total. The summed E-state index contributed by atoms with van der Waals surface area (Å²) in [5.41, 5.74) is 3.52. The maximum atomic E-state index is 12.9. The minimum Gasteiger partial charge on any atom is -0.465 e. The molecule has 0 aliphatic carbocycles. The molecule has 1 atom stereocenters. The number of thiocarbonyl (C=S) groups is 1. The number of benzene rings is 2. The van der Waals surface area contributed by atoms with Crippen molar-refractivity contribution in [1.29, 1.82) is 0 Å². The van der Waals surface area contributed by atoms with E-state index in [-0.39, 0.29) is 5.91 Å². The largest absolute Gasteiger partial charge is 0.465 e. The molecule has 0 fully saturated rings. The first-order valence-electron chi connectivity index (χ1n) is 8.78. The Kier molecular flexibility index (Phi) is 6.06. The summed E-state index contributed by atoms with van der Waals surface area (Å²) >= 11 is 5.26. The Hall–Kier alpha value is -3.19. The summed E-state index contributed by atoms with van der Waals surface area (Å²) in [6.07, 6.45) is 0. The van der Waals surface area contributed by atoms with Gasteiger partial charge in [-0.15, -0.1) is 0 Å². The minimum atomic E-state index is -0.420. The first-order valence-corrected chi connectivity index (χ1v) is 9.19. The van der Waals surface area contributed by atoms with Crippen LogP contribution in [-0.4, -0.2) is 24.1 Å². The lowest BCUT2D eigenvalue weighted by Crippen LogP contribution is -2.46. The van der Waals surface area contributed by atoms with Crippen LogP contribution in [0.3, 0.4) is 0 Å². The quantitative estimate of drug-likeness (QED) is 0.534. The van der Waals surface area contributed by atoms with E-state index in [2.05, 4.69) is 16.0 Å². The summed E-state index contributed by atoms with van der Waals surface area (Å²) in [6, 6.07) is 16.2.